The van der Waals surface area contributed by atoms with Crippen molar-refractivity contribution in [1.29, 1.82) is 5.41 Å². The molecule has 0 heterocycles. The fraction of sp³-hybridized carbons (Fsp3) is 0.188. The van der Waals surface area contributed by atoms with Crippen LogP contribution in [0.25, 0.3) is 11.1 Å². The highest BCUT2D eigenvalue weighted by molar-refractivity contribution is 5.97. The summed E-state index contributed by atoms with van der Waals surface area (Å²) in [6.07, 6.45) is 0. The molecule has 1 heteroatoms. The van der Waals surface area contributed by atoms with Crippen LogP contribution in [-0.2, 0) is 0 Å². The van der Waals surface area contributed by atoms with Crippen molar-refractivity contribution in [2.45, 2.75) is 20.8 Å². The lowest BCUT2D eigenvalue weighted by Gasteiger charge is -2.09. The maximum atomic E-state index is 7.70. The Morgan fingerprint density at radius 2 is 1.59 bits per heavy atom. The number of rotatable bonds is 2. The predicted molar refractivity (Wildman–Crippen MR) is 73.9 cm³/mol. The molecule has 2 rings (SSSR count). The Morgan fingerprint density at radius 3 is 2.18 bits per heavy atom. The summed E-state index contributed by atoms with van der Waals surface area (Å²) in [5, 5.41) is 7.70. The SMILES string of the molecule is CC(=N)c1ccc(C)c(-c2ccc(C)cc2)c1. The zero-order valence-corrected chi connectivity index (χ0v) is 10.5. The Bertz CT molecular complexity index is 550. The number of benzene rings is 2. The third-order valence-electron chi connectivity index (χ3n) is 3.03. The fourth-order valence-electron chi connectivity index (χ4n) is 1.90. The van der Waals surface area contributed by atoms with Crippen LogP contribution in [0.15, 0.2) is 42.5 Å². The van der Waals surface area contributed by atoms with E-state index in [1.54, 1.807) is 0 Å². The highest BCUT2D eigenvalue weighted by Gasteiger charge is 2.04. The van der Waals surface area contributed by atoms with Crippen LogP contribution < -0.4 is 0 Å². The summed E-state index contributed by atoms with van der Waals surface area (Å²) >= 11 is 0. The normalized spacial score (nSPS) is 10.3. The van der Waals surface area contributed by atoms with Crippen LogP contribution in [0, 0.1) is 19.3 Å². The van der Waals surface area contributed by atoms with Gasteiger partial charge in [0.05, 0.1) is 0 Å². The van der Waals surface area contributed by atoms with E-state index >= 15 is 0 Å². The van der Waals surface area contributed by atoms with Crippen LogP contribution in [0.1, 0.15) is 23.6 Å². The third kappa shape index (κ3) is 2.44. The minimum atomic E-state index is 0.610. The zero-order chi connectivity index (χ0) is 12.4. The molecule has 1 nitrogen and oxygen atoms in total. The van der Waals surface area contributed by atoms with E-state index in [0.29, 0.717) is 5.71 Å². The number of nitrogens with one attached hydrogen (secondary N) is 1. The van der Waals surface area contributed by atoms with E-state index in [2.05, 4.69) is 50.2 Å². The Kier molecular flexibility index (Phi) is 3.10. The van der Waals surface area contributed by atoms with E-state index in [-0.39, 0.29) is 0 Å². The molecular formula is C16H17N. The lowest BCUT2D eigenvalue weighted by molar-refractivity contribution is 1.40. The van der Waals surface area contributed by atoms with Crippen molar-refractivity contribution in [3.8, 4) is 11.1 Å². The van der Waals surface area contributed by atoms with Gasteiger partial charge in [-0.2, -0.15) is 0 Å². The Balaban J connectivity index is 2.54. The van der Waals surface area contributed by atoms with Crippen molar-refractivity contribution >= 4 is 5.71 Å². The Morgan fingerprint density at radius 1 is 0.941 bits per heavy atom. The van der Waals surface area contributed by atoms with Crippen molar-refractivity contribution in [2.24, 2.45) is 0 Å². The molecule has 2 aromatic rings. The van der Waals surface area contributed by atoms with Crippen molar-refractivity contribution < 1.29 is 0 Å². The van der Waals surface area contributed by atoms with E-state index in [1.165, 1.54) is 22.3 Å². The van der Waals surface area contributed by atoms with Crippen molar-refractivity contribution in [3.63, 3.8) is 0 Å². The van der Waals surface area contributed by atoms with Gasteiger partial charge in [0.2, 0.25) is 0 Å². The van der Waals surface area contributed by atoms with Gasteiger partial charge in [0.15, 0.2) is 0 Å². The van der Waals surface area contributed by atoms with Gasteiger partial charge in [-0.05, 0) is 49.1 Å². The highest BCUT2D eigenvalue weighted by atomic mass is 14.4. The first-order chi connectivity index (χ1) is 8.08. The molecule has 17 heavy (non-hydrogen) atoms. The first-order valence-corrected chi connectivity index (χ1v) is 5.81. The smallest absolute Gasteiger partial charge is 0.0355 e. The van der Waals surface area contributed by atoms with E-state index in [9.17, 15) is 0 Å². The molecule has 0 saturated carbocycles. The lowest BCUT2D eigenvalue weighted by Crippen LogP contribution is -1.94. The molecule has 0 spiro atoms. The van der Waals surface area contributed by atoms with Crippen LogP contribution in [0.4, 0.5) is 0 Å². The van der Waals surface area contributed by atoms with E-state index < -0.39 is 0 Å². The van der Waals surface area contributed by atoms with E-state index in [4.69, 9.17) is 5.41 Å². The van der Waals surface area contributed by atoms with Gasteiger partial charge in [-0.3, -0.25) is 0 Å². The largest absolute Gasteiger partial charge is 0.305 e. The molecule has 1 N–H and O–H groups in total. The Hall–Kier alpha value is -1.89. The summed E-state index contributed by atoms with van der Waals surface area (Å²) in [6, 6.07) is 14.7. The highest BCUT2D eigenvalue weighted by Crippen LogP contribution is 2.25. The van der Waals surface area contributed by atoms with Gasteiger partial charge in [0.25, 0.3) is 0 Å². The quantitative estimate of drug-likeness (QED) is 0.731. The average molecular weight is 223 g/mol. The molecule has 0 radical (unpaired) electrons. The van der Waals surface area contributed by atoms with Crippen LogP contribution >= 0.6 is 0 Å². The van der Waals surface area contributed by atoms with Crippen molar-refractivity contribution in [3.05, 3.63) is 59.2 Å². The maximum Gasteiger partial charge on any atom is 0.0355 e. The topological polar surface area (TPSA) is 23.9 Å². The molecule has 0 aliphatic carbocycles. The van der Waals surface area contributed by atoms with Gasteiger partial charge in [-0.25, -0.2) is 0 Å². The van der Waals surface area contributed by atoms with Crippen LogP contribution in [0.5, 0.6) is 0 Å². The molecule has 0 aromatic heterocycles. The van der Waals surface area contributed by atoms with Gasteiger partial charge in [-0.1, -0.05) is 42.0 Å². The lowest BCUT2D eigenvalue weighted by atomic mass is 9.96. The predicted octanol–water partition coefficient (Wildman–Crippen LogP) is 4.36. The summed E-state index contributed by atoms with van der Waals surface area (Å²) in [7, 11) is 0. The summed E-state index contributed by atoms with van der Waals surface area (Å²) in [4.78, 5) is 0. The standard InChI is InChI=1S/C16H17N/c1-11-4-7-14(8-5-11)16-10-15(13(3)17)9-6-12(16)2/h4-10,17H,1-3H3. The summed E-state index contributed by atoms with van der Waals surface area (Å²) in [6.45, 7) is 6.02. The average Bonchev–Trinajstić information content (AvgIpc) is 2.31. The van der Waals surface area contributed by atoms with Gasteiger partial charge in [0, 0.05) is 5.71 Å². The first-order valence-electron chi connectivity index (χ1n) is 5.81. The van der Waals surface area contributed by atoms with Crippen LogP contribution in [-0.4, -0.2) is 5.71 Å². The Labute approximate surface area is 103 Å². The van der Waals surface area contributed by atoms with Gasteiger partial charge in [0.1, 0.15) is 0 Å². The minimum absolute atomic E-state index is 0.610. The van der Waals surface area contributed by atoms with Gasteiger partial charge >= 0.3 is 0 Å². The molecule has 0 aliphatic rings. The summed E-state index contributed by atoms with van der Waals surface area (Å²) in [5.74, 6) is 0. The van der Waals surface area contributed by atoms with Gasteiger partial charge in [-0.15, -0.1) is 0 Å². The summed E-state index contributed by atoms with van der Waals surface area (Å²) in [5.41, 5.74) is 6.56. The molecule has 0 saturated heterocycles. The van der Waals surface area contributed by atoms with Gasteiger partial charge < -0.3 is 5.41 Å². The molecule has 2 aromatic carbocycles. The molecule has 0 fully saturated rings. The molecule has 86 valence electrons. The van der Waals surface area contributed by atoms with E-state index in [1.807, 2.05) is 13.0 Å². The number of aryl methyl sites for hydroxylation is 2. The number of hydrogen-bond acceptors (Lipinski definition) is 1. The maximum absolute atomic E-state index is 7.70. The van der Waals surface area contributed by atoms with E-state index in [0.717, 1.165) is 5.56 Å². The van der Waals surface area contributed by atoms with Crippen LogP contribution in [0.3, 0.4) is 0 Å². The molecule has 0 amide bonds. The second kappa shape index (κ2) is 4.54. The third-order valence-corrected chi connectivity index (χ3v) is 3.03. The minimum Gasteiger partial charge on any atom is -0.305 e. The summed E-state index contributed by atoms with van der Waals surface area (Å²) < 4.78 is 0. The molecule has 0 unspecified atom stereocenters. The number of hydrogen-bond donors (Lipinski definition) is 1. The van der Waals surface area contributed by atoms with Crippen molar-refractivity contribution in [1.82, 2.24) is 0 Å². The second-order valence-corrected chi connectivity index (χ2v) is 4.52. The molecular weight excluding hydrogens is 206 g/mol. The second-order valence-electron chi connectivity index (χ2n) is 4.52. The van der Waals surface area contributed by atoms with Crippen molar-refractivity contribution in [2.75, 3.05) is 0 Å². The molecule has 0 bridgehead atoms. The monoisotopic (exact) mass is 223 g/mol. The first kappa shape index (κ1) is 11.6. The fourth-order valence-corrected chi connectivity index (χ4v) is 1.90. The van der Waals surface area contributed by atoms with Crippen LogP contribution in [0.2, 0.25) is 0 Å². The molecule has 0 atom stereocenters. The molecule has 0 aliphatic heterocycles. The zero-order valence-electron chi connectivity index (χ0n) is 10.5.